The van der Waals surface area contributed by atoms with Crippen molar-refractivity contribution in [1.82, 2.24) is 14.5 Å². The fourth-order valence-electron chi connectivity index (χ4n) is 2.09. The fourth-order valence-corrected chi connectivity index (χ4v) is 2.09. The molecule has 0 saturated carbocycles. The van der Waals surface area contributed by atoms with Crippen LogP contribution in [0.5, 0.6) is 0 Å². The highest BCUT2D eigenvalue weighted by Gasteiger charge is 1.99. The summed E-state index contributed by atoms with van der Waals surface area (Å²) in [5.41, 5.74) is 0.671. The molecule has 1 N–H and O–H groups in total. The van der Waals surface area contributed by atoms with Gasteiger partial charge in [0.2, 0.25) is 0 Å². The Hall–Kier alpha value is -2.43. The Morgan fingerprint density at radius 2 is 2.10 bits per heavy atom. The highest BCUT2D eigenvalue weighted by molar-refractivity contribution is 5.80. The number of nitrogens with zero attached hydrogens (tertiary/aromatic N) is 3. The van der Waals surface area contributed by atoms with E-state index >= 15 is 0 Å². The van der Waals surface area contributed by atoms with E-state index < -0.39 is 0 Å². The van der Waals surface area contributed by atoms with Crippen LogP contribution in [0.2, 0.25) is 0 Å². The predicted molar refractivity (Wildman–Crippen MR) is 77.0 cm³/mol. The van der Waals surface area contributed by atoms with E-state index in [0.29, 0.717) is 5.52 Å². The summed E-state index contributed by atoms with van der Waals surface area (Å²) in [6.07, 6.45) is 6.49. The van der Waals surface area contributed by atoms with Crippen LogP contribution in [0.15, 0.2) is 49.1 Å². The maximum absolute atomic E-state index is 13.2. The van der Waals surface area contributed by atoms with Crippen molar-refractivity contribution < 1.29 is 4.39 Å². The van der Waals surface area contributed by atoms with Crippen LogP contribution < -0.4 is 5.32 Å². The van der Waals surface area contributed by atoms with Crippen molar-refractivity contribution in [1.29, 1.82) is 0 Å². The number of hydrogen-bond acceptors (Lipinski definition) is 3. The number of rotatable bonds is 5. The second-order valence-corrected chi connectivity index (χ2v) is 4.61. The second-order valence-electron chi connectivity index (χ2n) is 4.61. The molecule has 2 aromatic heterocycles. The lowest BCUT2D eigenvalue weighted by Crippen LogP contribution is -2.06. The molecule has 20 heavy (non-hydrogen) atoms. The number of benzene rings is 1. The van der Waals surface area contributed by atoms with Crippen LogP contribution in [0.1, 0.15) is 6.42 Å². The third-order valence-corrected chi connectivity index (χ3v) is 3.11. The van der Waals surface area contributed by atoms with Crippen LogP contribution in [0.3, 0.4) is 0 Å². The van der Waals surface area contributed by atoms with E-state index in [1.807, 2.05) is 22.9 Å². The lowest BCUT2D eigenvalue weighted by atomic mass is 10.2. The normalized spacial score (nSPS) is 10.8. The number of halogens is 1. The highest BCUT2D eigenvalue weighted by Crippen LogP contribution is 2.16. The van der Waals surface area contributed by atoms with Gasteiger partial charge in [0.1, 0.15) is 11.6 Å². The van der Waals surface area contributed by atoms with Crippen molar-refractivity contribution in [3.05, 3.63) is 54.9 Å². The van der Waals surface area contributed by atoms with Gasteiger partial charge in [-0.3, -0.25) is 0 Å². The molecule has 0 fully saturated rings. The second kappa shape index (κ2) is 5.69. The zero-order chi connectivity index (χ0) is 13.8. The molecule has 1 aromatic carbocycles. The van der Waals surface area contributed by atoms with Crippen molar-refractivity contribution in [2.75, 3.05) is 11.9 Å². The first-order valence-electron chi connectivity index (χ1n) is 6.57. The van der Waals surface area contributed by atoms with Crippen molar-refractivity contribution in [2.24, 2.45) is 0 Å². The van der Waals surface area contributed by atoms with Crippen molar-refractivity contribution in [2.45, 2.75) is 13.0 Å². The van der Waals surface area contributed by atoms with Crippen LogP contribution in [-0.2, 0) is 6.54 Å². The third-order valence-electron chi connectivity index (χ3n) is 3.11. The van der Waals surface area contributed by atoms with Crippen LogP contribution >= 0.6 is 0 Å². The molecule has 0 radical (unpaired) electrons. The summed E-state index contributed by atoms with van der Waals surface area (Å²) in [5, 5.41) is 4.19. The van der Waals surface area contributed by atoms with Crippen LogP contribution in [-0.4, -0.2) is 21.1 Å². The summed E-state index contributed by atoms with van der Waals surface area (Å²) in [6, 6.07) is 8.49. The lowest BCUT2D eigenvalue weighted by Gasteiger charge is -2.07. The summed E-state index contributed by atoms with van der Waals surface area (Å²) in [4.78, 5) is 8.40. The zero-order valence-electron chi connectivity index (χ0n) is 11.0. The van der Waals surface area contributed by atoms with Gasteiger partial charge in [-0.1, -0.05) is 0 Å². The molecule has 2 heterocycles. The lowest BCUT2D eigenvalue weighted by molar-refractivity contribution is 0.629. The molecule has 0 amide bonds. The van der Waals surface area contributed by atoms with Crippen molar-refractivity contribution in [3.63, 3.8) is 0 Å². The predicted octanol–water partition coefficient (Wildman–Crippen LogP) is 3.07. The number of fused-ring (bicyclic) bond motifs is 1. The molecule has 0 aliphatic heterocycles. The molecule has 0 aliphatic carbocycles. The Morgan fingerprint density at radius 3 is 2.95 bits per heavy atom. The van der Waals surface area contributed by atoms with Gasteiger partial charge in [0.25, 0.3) is 0 Å². The summed E-state index contributed by atoms with van der Waals surface area (Å²) in [7, 11) is 0. The van der Waals surface area contributed by atoms with E-state index in [2.05, 4.69) is 15.3 Å². The molecule has 0 aliphatic rings. The average molecular weight is 270 g/mol. The maximum Gasteiger partial charge on any atom is 0.126 e. The largest absolute Gasteiger partial charge is 0.370 e. The third kappa shape index (κ3) is 2.93. The van der Waals surface area contributed by atoms with Gasteiger partial charge < -0.3 is 9.88 Å². The number of hydrogen-bond donors (Lipinski definition) is 1. The standard InChI is InChI=1S/C15H15FN4/c16-13-4-2-12-3-5-15(19-14(12)10-13)18-6-1-8-20-9-7-17-11-20/h2-5,7,9-11H,1,6,8H2,(H,18,19). The topological polar surface area (TPSA) is 42.7 Å². The summed E-state index contributed by atoms with van der Waals surface area (Å²) >= 11 is 0. The number of aryl methyl sites for hydroxylation is 1. The number of pyridine rings is 1. The summed E-state index contributed by atoms with van der Waals surface area (Å²) in [6.45, 7) is 1.72. The maximum atomic E-state index is 13.2. The quantitative estimate of drug-likeness (QED) is 0.724. The molecule has 4 nitrogen and oxygen atoms in total. The fraction of sp³-hybridized carbons (Fsp3) is 0.200. The van der Waals surface area contributed by atoms with Crippen LogP contribution in [0.4, 0.5) is 10.2 Å². The van der Waals surface area contributed by atoms with Crippen LogP contribution in [0, 0.1) is 5.82 Å². The molecule has 0 saturated heterocycles. The van der Waals surface area contributed by atoms with Gasteiger partial charge in [-0.2, -0.15) is 0 Å². The summed E-state index contributed by atoms with van der Waals surface area (Å²) in [5.74, 6) is 0.510. The van der Waals surface area contributed by atoms with E-state index in [0.717, 1.165) is 30.7 Å². The van der Waals surface area contributed by atoms with Gasteiger partial charge in [0.05, 0.1) is 11.8 Å². The molecular formula is C15H15FN4. The van der Waals surface area contributed by atoms with Gasteiger partial charge in [-0.25, -0.2) is 14.4 Å². The Bertz CT molecular complexity index is 694. The van der Waals surface area contributed by atoms with E-state index in [9.17, 15) is 4.39 Å². The van der Waals surface area contributed by atoms with Gasteiger partial charge in [-0.05, 0) is 30.7 Å². The van der Waals surface area contributed by atoms with Gasteiger partial charge in [-0.15, -0.1) is 0 Å². The Kier molecular flexibility index (Phi) is 3.58. The molecule has 0 spiro atoms. The number of nitrogens with one attached hydrogen (secondary N) is 1. The minimum absolute atomic E-state index is 0.262. The molecular weight excluding hydrogens is 255 g/mol. The first-order chi connectivity index (χ1) is 9.81. The summed E-state index contributed by atoms with van der Waals surface area (Å²) < 4.78 is 15.2. The molecule has 5 heteroatoms. The molecule has 3 aromatic rings. The minimum Gasteiger partial charge on any atom is -0.370 e. The molecule has 0 bridgehead atoms. The van der Waals surface area contributed by atoms with Crippen molar-refractivity contribution in [3.8, 4) is 0 Å². The van der Waals surface area contributed by atoms with E-state index in [-0.39, 0.29) is 5.82 Å². The monoisotopic (exact) mass is 270 g/mol. The van der Waals surface area contributed by atoms with E-state index in [1.54, 1.807) is 18.6 Å². The first-order valence-corrected chi connectivity index (χ1v) is 6.57. The average Bonchev–Trinajstić information content (AvgIpc) is 2.96. The molecule has 102 valence electrons. The highest BCUT2D eigenvalue weighted by atomic mass is 19.1. The Morgan fingerprint density at radius 1 is 1.20 bits per heavy atom. The smallest absolute Gasteiger partial charge is 0.126 e. The minimum atomic E-state index is -0.262. The Balaban J connectivity index is 1.59. The van der Waals surface area contributed by atoms with E-state index in [4.69, 9.17) is 0 Å². The van der Waals surface area contributed by atoms with Gasteiger partial charge in [0.15, 0.2) is 0 Å². The number of anilines is 1. The van der Waals surface area contributed by atoms with Crippen molar-refractivity contribution >= 4 is 16.7 Å². The molecule has 0 atom stereocenters. The van der Waals surface area contributed by atoms with E-state index in [1.165, 1.54) is 12.1 Å². The van der Waals surface area contributed by atoms with Gasteiger partial charge >= 0.3 is 0 Å². The SMILES string of the molecule is Fc1ccc2ccc(NCCCn3ccnc3)nc2c1. The number of imidazole rings is 1. The first kappa shape index (κ1) is 12.6. The molecule has 0 unspecified atom stereocenters. The van der Waals surface area contributed by atoms with Crippen LogP contribution in [0.25, 0.3) is 10.9 Å². The van der Waals surface area contributed by atoms with Gasteiger partial charge in [0, 0.05) is 36.9 Å². The zero-order valence-corrected chi connectivity index (χ0v) is 11.0. The number of aromatic nitrogens is 3. The molecule has 3 rings (SSSR count). The Labute approximate surface area is 116 Å².